The molecule has 1 fully saturated rings. The number of hydrogen-bond donors (Lipinski definition) is 0. The van der Waals surface area contributed by atoms with Crippen LogP contribution in [-0.4, -0.2) is 50.7 Å². The topological polar surface area (TPSA) is 78.0 Å². The Morgan fingerprint density at radius 1 is 0.844 bits per heavy atom. The van der Waals surface area contributed by atoms with Gasteiger partial charge in [0.25, 0.3) is 0 Å². The molecule has 3 aliphatic rings. The minimum atomic E-state index is -3.54. The SMILES string of the molecule is O=C(CN1C(=O)CCc2cc(S(=O)(=O)N3CCCCC3)ccc21)N1CCc2ccccc21. The van der Waals surface area contributed by atoms with Crippen LogP contribution in [0, 0.1) is 0 Å². The molecule has 0 N–H and O–H groups in total. The average molecular weight is 454 g/mol. The molecule has 0 aliphatic carbocycles. The predicted octanol–water partition coefficient (Wildman–Crippen LogP) is 2.73. The highest BCUT2D eigenvalue weighted by Crippen LogP contribution is 2.33. The van der Waals surface area contributed by atoms with Crippen molar-refractivity contribution < 1.29 is 18.0 Å². The molecule has 2 aromatic carbocycles. The molecular weight excluding hydrogens is 426 g/mol. The molecule has 2 aromatic rings. The lowest BCUT2D eigenvalue weighted by atomic mass is 10.0. The molecule has 32 heavy (non-hydrogen) atoms. The van der Waals surface area contributed by atoms with E-state index in [4.69, 9.17) is 0 Å². The Bertz CT molecular complexity index is 1170. The van der Waals surface area contributed by atoms with Crippen LogP contribution in [0.2, 0.25) is 0 Å². The van der Waals surface area contributed by atoms with Gasteiger partial charge in [-0.1, -0.05) is 24.6 Å². The van der Waals surface area contributed by atoms with Crippen molar-refractivity contribution in [1.82, 2.24) is 4.31 Å². The molecule has 2 amide bonds. The van der Waals surface area contributed by atoms with Crippen LogP contribution in [0.1, 0.15) is 36.8 Å². The Kier molecular flexibility index (Phi) is 5.51. The molecule has 3 heterocycles. The van der Waals surface area contributed by atoms with Crippen LogP contribution in [0.3, 0.4) is 0 Å². The lowest BCUT2D eigenvalue weighted by molar-refractivity contribution is -0.122. The second-order valence-corrected chi connectivity index (χ2v) is 10.6. The van der Waals surface area contributed by atoms with E-state index in [1.807, 2.05) is 24.3 Å². The summed E-state index contributed by atoms with van der Waals surface area (Å²) in [6.45, 7) is 1.67. The highest BCUT2D eigenvalue weighted by molar-refractivity contribution is 7.89. The van der Waals surface area contributed by atoms with Gasteiger partial charge < -0.3 is 9.80 Å². The molecule has 0 saturated carbocycles. The summed E-state index contributed by atoms with van der Waals surface area (Å²) >= 11 is 0. The number of carbonyl (C=O) groups is 2. The molecule has 7 nitrogen and oxygen atoms in total. The van der Waals surface area contributed by atoms with Crippen molar-refractivity contribution in [2.45, 2.75) is 43.4 Å². The van der Waals surface area contributed by atoms with Crippen molar-refractivity contribution in [3.05, 3.63) is 53.6 Å². The first-order valence-electron chi connectivity index (χ1n) is 11.3. The molecule has 8 heteroatoms. The monoisotopic (exact) mass is 453 g/mol. The third-order valence-electron chi connectivity index (χ3n) is 6.69. The minimum absolute atomic E-state index is 0.0433. The van der Waals surface area contributed by atoms with Gasteiger partial charge in [0.2, 0.25) is 21.8 Å². The third-order valence-corrected chi connectivity index (χ3v) is 8.58. The highest BCUT2D eigenvalue weighted by atomic mass is 32.2. The first-order chi connectivity index (χ1) is 15.4. The standard InChI is InChI=1S/C24H27N3O4S/c28-23-11-8-19-16-20(32(30,31)25-13-4-1-5-14-25)9-10-22(19)27(23)17-24(29)26-15-12-18-6-2-3-7-21(18)26/h2-3,6-7,9-10,16H,1,4-5,8,11-15,17H2. The van der Waals surface area contributed by atoms with E-state index in [9.17, 15) is 18.0 Å². The summed E-state index contributed by atoms with van der Waals surface area (Å²) < 4.78 is 27.7. The van der Waals surface area contributed by atoms with Crippen LogP contribution < -0.4 is 9.80 Å². The van der Waals surface area contributed by atoms with Crippen molar-refractivity contribution in [2.24, 2.45) is 0 Å². The average Bonchev–Trinajstić information content (AvgIpc) is 3.25. The van der Waals surface area contributed by atoms with Crippen molar-refractivity contribution in [3.8, 4) is 0 Å². The fourth-order valence-electron chi connectivity index (χ4n) is 4.94. The van der Waals surface area contributed by atoms with Crippen LogP contribution in [0.4, 0.5) is 11.4 Å². The van der Waals surface area contributed by atoms with E-state index in [2.05, 4.69) is 0 Å². The Balaban J connectivity index is 1.39. The van der Waals surface area contributed by atoms with Crippen LogP contribution in [0.15, 0.2) is 47.4 Å². The number of benzene rings is 2. The van der Waals surface area contributed by atoms with Crippen molar-refractivity contribution >= 4 is 33.2 Å². The van der Waals surface area contributed by atoms with E-state index in [0.29, 0.717) is 31.7 Å². The van der Waals surface area contributed by atoms with E-state index < -0.39 is 10.0 Å². The minimum Gasteiger partial charge on any atom is -0.310 e. The highest BCUT2D eigenvalue weighted by Gasteiger charge is 2.32. The van der Waals surface area contributed by atoms with Gasteiger partial charge in [0.15, 0.2) is 0 Å². The van der Waals surface area contributed by atoms with Crippen LogP contribution in [0.25, 0.3) is 0 Å². The van der Waals surface area contributed by atoms with Gasteiger partial charge >= 0.3 is 0 Å². The fraction of sp³-hybridized carbons (Fsp3) is 0.417. The summed E-state index contributed by atoms with van der Waals surface area (Å²) in [6.07, 6.45) is 4.38. The number of nitrogens with zero attached hydrogens (tertiary/aromatic N) is 3. The van der Waals surface area contributed by atoms with E-state index in [1.54, 1.807) is 27.4 Å². The molecule has 0 bridgehead atoms. The number of amides is 2. The maximum atomic E-state index is 13.1. The van der Waals surface area contributed by atoms with Gasteiger partial charge in [0.05, 0.1) is 4.90 Å². The molecular formula is C24H27N3O4S. The van der Waals surface area contributed by atoms with E-state index in [1.165, 1.54) is 4.90 Å². The van der Waals surface area contributed by atoms with E-state index >= 15 is 0 Å². The molecule has 168 valence electrons. The van der Waals surface area contributed by atoms with Gasteiger partial charge in [-0.2, -0.15) is 4.31 Å². The Labute approximate surface area is 188 Å². The van der Waals surface area contributed by atoms with Gasteiger partial charge in [0, 0.05) is 37.4 Å². The summed E-state index contributed by atoms with van der Waals surface area (Å²) in [5.74, 6) is -0.230. The summed E-state index contributed by atoms with van der Waals surface area (Å²) in [7, 11) is -3.54. The summed E-state index contributed by atoms with van der Waals surface area (Å²) in [5, 5.41) is 0. The predicted molar refractivity (Wildman–Crippen MR) is 122 cm³/mol. The van der Waals surface area contributed by atoms with Gasteiger partial charge in [-0.3, -0.25) is 9.59 Å². The van der Waals surface area contributed by atoms with Gasteiger partial charge in [-0.05, 0) is 61.1 Å². The van der Waals surface area contributed by atoms with Crippen LogP contribution >= 0.6 is 0 Å². The maximum absolute atomic E-state index is 13.1. The molecule has 5 rings (SSSR count). The molecule has 0 aromatic heterocycles. The number of rotatable bonds is 4. The second-order valence-electron chi connectivity index (χ2n) is 8.66. The summed E-state index contributed by atoms with van der Waals surface area (Å²) in [4.78, 5) is 29.3. The van der Waals surface area contributed by atoms with Crippen molar-refractivity contribution in [3.63, 3.8) is 0 Å². The lowest BCUT2D eigenvalue weighted by Crippen LogP contribution is -2.44. The van der Waals surface area contributed by atoms with Gasteiger partial charge in [0.1, 0.15) is 6.54 Å². The third kappa shape index (κ3) is 3.71. The first-order valence-corrected chi connectivity index (χ1v) is 12.7. The van der Waals surface area contributed by atoms with E-state index in [-0.39, 0.29) is 29.7 Å². The zero-order valence-corrected chi connectivity index (χ0v) is 18.8. The molecule has 3 aliphatic heterocycles. The zero-order valence-electron chi connectivity index (χ0n) is 18.0. The normalized spacial score (nSPS) is 19.1. The quantitative estimate of drug-likeness (QED) is 0.713. The number of sulfonamides is 1. The Hall–Kier alpha value is -2.71. The molecule has 0 unspecified atom stereocenters. The van der Waals surface area contributed by atoms with Gasteiger partial charge in [-0.15, -0.1) is 0 Å². The van der Waals surface area contributed by atoms with Crippen LogP contribution in [0.5, 0.6) is 0 Å². The Morgan fingerprint density at radius 3 is 2.44 bits per heavy atom. The Morgan fingerprint density at radius 2 is 1.62 bits per heavy atom. The largest absolute Gasteiger partial charge is 0.310 e. The van der Waals surface area contributed by atoms with Crippen LogP contribution in [-0.2, 0) is 32.5 Å². The fourth-order valence-corrected chi connectivity index (χ4v) is 6.51. The number of para-hydroxylation sites is 1. The first kappa shape index (κ1) is 21.2. The number of hydrogen-bond acceptors (Lipinski definition) is 4. The number of fused-ring (bicyclic) bond motifs is 2. The number of aryl methyl sites for hydroxylation is 1. The lowest BCUT2D eigenvalue weighted by Gasteiger charge is -2.31. The smallest absolute Gasteiger partial charge is 0.247 e. The van der Waals surface area contributed by atoms with E-state index in [0.717, 1.165) is 42.5 Å². The second kappa shape index (κ2) is 8.33. The maximum Gasteiger partial charge on any atom is 0.247 e. The molecule has 0 atom stereocenters. The zero-order chi connectivity index (χ0) is 22.3. The van der Waals surface area contributed by atoms with Gasteiger partial charge in [-0.25, -0.2) is 8.42 Å². The number of anilines is 2. The molecule has 0 radical (unpaired) electrons. The molecule has 0 spiro atoms. The molecule has 1 saturated heterocycles. The number of piperidine rings is 1. The van der Waals surface area contributed by atoms with Crippen molar-refractivity contribution in [1.29, 1.82) is 0 Å². The van der Waals surface area contributed by atoms with Crippen molar-refractivity contribution in [2.75, 3.05) is 36.0 Å². The number of carbonyl (C=O) groups excluding carboxylic acids is 2. The summed E-state index contributed by atoms with van der Waals surface area (Å²) in [5.41, 5.74) is 3.49. The summed E-state index contributed by atoms with van der Waals surface area (Å²) in [6, 6.07) is 12.8.